The Morgan fingerprint density at radius 2 is 2.10 bits per heavy atom. The summed E-state index contributed by atoms with van der Waals surface area (Å²) in [6.45, 7) is 5.03. The molecule has 0 unspecified atom stereocenters. The van der Waals surface area contributed by atoms with Gasteiger partial charge in [0.05, 0.1) is 15.8 Å². The fraction of sp³-hybridized carbons (Fsp3) is 0.385. The number of hydrogen-bond donors (Lipinski definition) is 1. The normalized spacial score (nSPS) is 14.7. The number of amides is 2. The Morgan fingerprint density at radius 3 is 2.70 bits per heavy atom. The quantitative estimate of drug-likeness (QED) is 0.785. The van der Waals surface area contributed by atoms with Gasteiger partial charge in [-0.3, -0.25) is 9.69 Å². The maximum atomic E-state index is 13.5. The molecule has 1 aromatic rings. The fourth-order valence-corrected chi connectivity index (χ4v) is 2.21. The summed E-state index contributed by atoms with van der Waals surface area (Å²) in [7, 11) is 0. The molecule has 2 amide bonds. The van der Waals surface area contributed by atoms with Gasteiger partial charge in [-0.05, 0) is 48.8 Å². The highest BCUT2D eigenvalue weighted by molar-refractivity contribution is 9.10. The van der Waals surface area contributed by atoms with Gasteiger partial charge in [-0.15, -0.1) is 0 Å². The first-order valence-electron chi connectivity index (χ1n) is 5.97. The number of nitrogens with zero attached hydrogens (tertiary/aromatic N) is 1. The van der Waals surface area contributed by atoms with Gasteiger partial charge in [-0.25, -0.2) is 9.18 Å². The number of ether oxygens (including phenoxy) is 1. The molecule has 0 fully saturated rings. The average molecular weight is 345 g/mol. The molecule has 0 saturated carbocycles. The highest BCUT2D eigenvalue weighted by Crippen LogP contribution is 2.38. The number of nitrogens with one attached hydrogen (secondary N) is 1. The van der Waals surface area contributed by atoms with Gasteiger partial charge in [-0.2, -0.15) is 0 Å². The van der Waals surface area contributed by atoms with Crippen molar-refractivity contribution in [2.24, 2.45) is 0 Å². The molecule has 1 aliphatic heterocycles. The van der Waals surface area contributed by atoms with Crippen LogP contribution in [0.2, 0.25) is 0 Å². The molecule has 1 heterocycles. The van der Waals surface area contributed by atoms with Gasteiger partial charge >= 0.3 is 6.09 Å². The summed E-state index contributed by atoms with van der Waals surface area (Å²) < 4.78 is 18.9. The molecule has 1 aliphatic rings. The lowest BCUT2D eigenvalue weighted by molar-refractivity contribution is -0.115. The van der Waals surface area contributed by atoms with E-state index in [0.717, 1.165) is 0 Å². The highest BCUT2D eigenvalue weighted by atomic mass is 79.9. The van der Waals surface area contributed by atoms with E-state index in [2.05, 4.69) is 21.2 Å². The van der Waals surface area contributed by atoms with Crippen LogP contribution in [0.4, 0.5) is 20.6 Å². The van der Waals surface area contributed by atoms with Crippen molar-refractivity contribution in [2.75, 3.05) is 16.8 Å². The molecule has 0 atom stereocenters. The molecule has 7 heteroatoms. The first-order chi connectivity index (χ1) is 9.19. The molecule has 5 nitrogen and oxygen atoms in total. The number of benzene rings is 1. The molecule has 0 spiro atoms. The zero-order valence-corrected chi connectivity index (χ0v) is 12.9. The molecule has 20 heavy (non-hydrogen) atoms. The minimum atomic E-state index is -0.678. The lowest BCUT2D eigenvalue weighted by atomic mass is 10.2. The van der Waals surface area contributed by atoms with Crippen LogP contribution in [0.25, 0.3) is 0 Å². The Morgan fingerprint density at radius 1 is 1.45 bits per heavy atom. The van der Waals surface area contributed by atoms with Crippen LogP contribution in [-0.4, -0.2) is 24.1 Å². The van der Waals surface area contributed by atoms with Gasteiger partial charge in [0, 0.05) is 0 Å². The molecule has 1 aromatic carbocycles. The van der Waals surface area contributed by atoms with Crippen molar-refractivity contribution >= 4 is 39.3 Å². The zero-order valence-electron chi connectivity index (χ0n) is 11.3. The predicted octanol–water partition coefficient (Wildman–Crippen LogP) is 3.28. The van der Waals surface area contributed by atoms with E-state index in [0.29, 0.717) is 5.69 Å². The molecular weight excluding hydrogens is 331 g/mol. The summed E-state index contributed by atoms with van der Waals surface area (Å²) in [4.78, 5) is 25.0. The van der Waals surface area contributed by atoms with E-state index < -0.39 is 23.4 Å². The van der Waals surface area contributed by atoms with Gasteiger partial charge in [-0.1, -0.05) is 0 Å². The maximum Gasteiger partial charge on any atom is 0.415 e. The number of carbonyl (C=O) groups excluding carboxylic acids is 2. The Labute approximate surface area is 124 Å². The van der Waals surface area contributed by atoms with Crippen molar-refractivity contribution in [3.05, 3.63) is 22.4 Å². The minimum Gasteiger partial charge on any atom is -0.443 e. The third kappa shape index (κ3) is 2.92. The largest absolute Gasteiger partial charge is 0.443 e. The van der Waals surface area contributed by atoms with Crippen LogP contribution in [0.15, 0.2) is 16.6 Å². The summed E-state index contributed by atoms with van der Waals surface area (Å²) >= 11 is 3.06. The lowest BCUT2D eigenvalue weighted by Crippen LogP contribution is -2.44. The van der Waals surface area contributed by atoms with Crippen LogP contribution in [0.5, 0.6) is 0 Å². The van der Waals surface area contributed by atoms with Crippen LogP contribution in [0.1, 0.15) is 20.8 Å². The molecule has 0 aromatic heterocycles. The number of hydrogen-bond acceptors (Lipinski definition) is 3. The second kappa shape index (κ2) is 5.05. The summed E-state index contributed by atoms with van der Waals surface area (Å²) in [5, 5.41) is 2.54. The van der Waals surface area contributed by atoms with Crippen molar-refractivity contribution < 1.29 is 18.7 Å². The number of carbonyl (C=O) groups is 2. The second-order valence-electron chi connectivity index (χ2n) is 5.37. The average Bonchev–Trinajstić information content (AvgIpc) is 2.31. The summed E-state index contributed by atoms with van der Waals surface area (Å²) in [6, 6.07) is 2.65. The lowest BCUT2D eigenvalue weighted by Gasteiger charge is -2.31. The Bertz CT molecular complexity index is 584. The SMILES string of the molecule is CC(C)(C)OC(=O)N1CC(=O)Nc2c1ccc(F)c2Br. The van der Waals surface area contributed by atoms with Crippen LogP contribution in [-0.2, 0) is 9.53 Å². The van der Waals surface area contributed by atoms with Gasteiger partial charge in [0.1, 0.15) is 18.0 Å². The van der Waals surface area contributed by atoms with Crippen molar-refractivity contribution in [1.82, 2.24) is 0 Å². The first kappa shape index (κ1) is 14.8. The number of fused-ring (bicyclic) bond motifs is 1. The summed E-state index contributed by atoms with van der Waals surface area (Å²) in [5.74, 6) is -0.926. The van der Waals surface area contributed by atoms with E-state index in [4.69, 9.17) is 4.74 Å². The van der Waals surface area contributed by atoms with Crippen molar-refractivity contribution in [3.8, 4) is 0 Å². The first-order valence-corrected chi connectivity index (χ1v) is 6.77. The van der Waals surface area contributed by atoms with E-state index in [1.807, 2.05) is 0 Å². The van der Waals surface area contributed by atoms with Crippen molar-refractivity contribution in [3.63, 3.8) is 0 Å². The van der Waals surface area contributed by atoms with Crippen LogP contribution in [0.3, 0.4) is 0 Å². The summed E-state index contributed by atoms with van der Waals surface area (Å²) in [6.07, 6.45) is -0.646. The highest BCUT2D eigenvalue weighted by Gasteiger charge is 2.32. The molecule has 0 aliphatic carbocycles. The van der Waals surface area contributed by atoms with Crippen molar-refractivity contribution in [2.45, 2.75) is 26.4 Å². The van der Waals surface area contributed by atoms with Gasteiger partial charge in [0.2, 0.25) is 5.91 Å². The van der Waals surface area contributed by atoms with Crippen LogP contribution in [0, 0.1) is 5.82 Å². The Hall–Kier alpha value is -1.63. The van der Waals surface area contributed by atoms with Crippen molar-refractivity contribution in [1.29, 1.82) is 0 Å². The van der Waals surface area contributed by atoms with E-state index >= 15 is 0 Å². The summed E-state index contributed by atoms with van der Waals surface area (Å²) in [5.41, 5.74) is -0.0539. The van der Waals surface area contributed by atoms with E-state index in [-0.39, 0.29) is 16.7 Å². The number of halogens is 2. The van der Waals surface area contributed by atoms with E-state index in [1.165, 1.54) is 17.0 Å². The minimum absolute atomic E-state index is 0.108. The molecular formula is C13H14BrFN2O3. The smallest absolute Gasteiger partial charge is 0.415 e. The molecule has 1 N–H and O–H groups in total. The monoisotopic (exact) mass is 344 g/mol. The topological polar surface area (TPSA) is 58.6 Å². The van der Waals surface area contributed by atoms with E-state index in [9.17, 15) is 14.0 Å². The van der Waals surface area contributed by atoms with Gasteiger partial charge in [0.25, 0.3) is 0 Å². The second-order valence-corrected chi connectivity index (χ2v) is 6.16. The third-order valence-electron chi connectivity index (χ3n) is 2.54. The molecule has 0 bridgehead atoms. The van der Waals surface area contributed by atoms with Gasteiger partial charge in [0.15, 0.2) is 0 Å². The number of rotatable bonds is 0. The van der Waals surface area contributed by atoms with Gasteiger partial charge < -0.3 is 10.1 Å². The maximum absolute atomic E-state index is 13.5. The Balaban J connectivity index is 2.41. The standard InChI is InChI=1S/C13H14BrFN2O3/c1-13(2,3)20-12(19)17-6-9(18)16-11-8(17)5-4-7(15)10(11)14/h4-5H,6H2,1-3H3,(H,16,18). The third-order valence-corrected chi connectivity index (χ3v) is 3.32. The van der Waals surface area contributed by atoms with Crippen LogP contribution >= 0.6 is 15.9 Å². The zero-order chi connectivity index (χ0) is 15.1. The molecule has 0 saturated heterocycles. The molecule has 0 radical (unpaired) electrons. The fourth-order valence-electron chi connectivity index (χ4n) is 1.77. The molecule has 108 valence electrons. The number of anilines is 2. The van der Waals surface area contributed by atoms with E-state index in [1.54, 1.807) is 20.8 Å². The predicted molar refractivity (Wildman–Crippen MR) is 76.3 cm³/mol. The molecule has 2 rings (SSSR count). The van der Waals surface area contributed by atoms with Crippen LogP contribution < -0.4 is 10.2 Å². The Kier molecular flexibility index (Phi) is 3.73.